The van der Waals surface area contributed by atoms with E-state index in [1.807, 2.05) is 18.2 Å². The van der Waals surface area contributed by atoms with Gasteiger partial charge in [0.05, 0.1) is 12.5 Å². The Bertz CT molecular complexity index is 709. The van der Waals surface area contributed by atoms with Gasteiger partial charge in [-0.15, -0.1) is 0 Å². The molecule has 3 nitrogen and oxygen atoms in total. The van der Waals surface area contributed by atoms with Crippen molar-refractivity contribution in [1.82, 2.24) is 0 Å². The largest absolute Gasteiger partial charge is 0.458 e. The molecule has 1 heterocycles. The highest BCUT2D eigenvalue weighted by Gasteiger charge is 2.39. The van der Waals surface area contributed by atoms with Crippen LogP contribution in [0.1, 0.15) is 31.2 Å². The smallest absolute Gasteiger partial charge is 0.309 e. The number of carbonyl (C=O) groups excluding carboxylic acids is 1. The van der Waals surface area contributed by atoms with Crippen molar-refractivity contribution in [2.24, 2.45) is 23.7 Å². The lowest BCUT2D eigenvalue weighted by Crippen LogP contribution is -2.37. The SMILES string of the molecule is O=C1C[C@H](O)C[C@@H](/C=C/C2C3C=CC(CC3)C2Cc2ccc(F)cc2)O1. The van der Waals surface area contributed by atoms with Gasteiger partial charge >= 0.3 is 5.97 Å². The van der Waals surface area contributed by atoms with Crippen molar-refractivity contribution in [2.45, 2.75) is 44.3 Å². The number of benzene rings is 1. The maximum absolute atomic E-state index is 13.2. The third kappa shape index (κ3) is 3.75. The molecule has 0 spiro atoms. The summed E-state index contributed by atoms with van der Waals surface area (Å²) in [6.45, 7) is 0. The topological polar surface area (TPSA) is 46.5 Å². The first-order valence-corrected chi connectivity index (χ1v) is 9.57. The molecule has 1 saturated carbocycles. The first-order chi connectivity index (χ1) is 12.6. The van der Waals surface area contributed by atoms with Crippen LogP contribution in [0.5, 0.6) is 0 Å². The van der Waals surface area contributed by atoms with Crippen molar-refractivity contribution < 1.29 is 19.0 Å². The van der Waals surface area contributed by atoms with E-state index < -0.39 is 6.10 Å². The third-order valence-electron chi connectivity index (χ3n) is 6.10. The average Bonchev–Trinajstić information content (AvgIpc) is 2.63. The second-order valence-corrected chi connectivity index (χ2v) is 7.87. The second kappa shape index (κ2) is 7.36. The number of cyclic esters (lactones) is 1. The summed E-state index contributed by atoms with van der Waals surface area (Å²) in [5, 5.41) is 9.78. The molecule has 1 aromatic rings. The van der Waals surface area contributed by atoms with Crippen molar-refractivity contribution in [1.29, 1.82) is 0 Å². The predicted molar refractivity (Wildman–Crippen MR) is 96.7 cm³/mol. The summed E-state index contributed by atoms with van der Waals surface area (Å²) in [4.78, 5) is 11.5. The Morgan fingerprint density at radius 3 is 2.54 bits per heavy atom. The molecule has 0 radical (unpaired) electrons. The van der Waals surface area contributed by atoms with Crippen LogP contribution in [-0.2, 0) is 16.0 Å². The molecule has 5 rings (SSSR count). The van der Waals surface area contributed by atoms with Gasteiger partial charge in [-0.3, -0.25) is 4.79 Å². The Kier molecular flexibility index (Phi) is 4.94. The Balaban J connectivity index is 1.50. The van der Waals surface area contributed by atoms with Crippen molar-refractivity contribution in [3.63, 3.8) is 0 Å². The molecule has 2 fully saturated rings. The zero-order valence-corrected chi connectivity index (χ0v) is 14.8. The van der Waals surface area contributed by atoms with Crippen molar-refractivity contribution in [2.75, 3.05) is 0 Å². The minimum atomic E-state index is -0.608. The van der Waals surface area contributed by atoms with Crippen LogP contribution in [0.3, 0.4) is 0 Å². The summed E-state index contributed by atoms with van der Waals surface area (Å²) in [6.07, 6.45) is 11.8. The molecule has 0 aromatic heterocycles. The number of esters is 1. The molecule has 4 unspecified atom stereocenters. The van der Waals surface area contributed by atoms with Crippen LogP contribution in [-0.4, -0.2) is 23.3 Å². The number of fused-ring (bicyclic) bond motifs is 2. The standard InChI is InChI=1S/C22H25FO3/c23-17-7-1-14(2-8-17)11-21-16-5-3-15(4-6-16)20(21)10-9-19-12-18(24)13-22(25)26-19/h1-3,5,7-10,15-16,18-21,24H,4,6,11-13H2/b10-9+/t15?,16?,18-,19-,20?,21?/m1/s1. The molecule has 6 atom stereocenters. The summed E-state index contributed by atoms with van der Waals surface area (Å²) < 4.78 is 18.5. The molecular formula is C22H25FO3. The van der Waals surface area contributed by atoms with Crippen LogP contribution < -0.4 is 0 Å². The highest BCUT2D eigenvalue weighted by atomic mass is 19.1. The van der Waals surface area contributed by atoms with Gasteiger partial charge in [-0.25, -0.2) is 4.39 Å². The van der Waals surface area contributed by atoms with Gasteiger partial charge in [-0.05, 0) is 66.7 Å². The molecule has 138 valence electrons. The van der Waals surface area contributed by atoms with E-state index in [4.69, 9.17) is 4.74 Å². The average molecular weight is 356 g/mol. The number of aliphatic hydroxyl groups excluding tert-OH is 1. The summed E-state index contributed by atoms with van der Waals surface area (Å²) >= 11 is 0. The number of rotatable bonds is 4. The van der Waals surface area contributed by atoms with Crippen LogP contribution >= 0.6 is 0 Å². The minimum Gasteiger partial charge on any atom is -0.458 e. The molecular weight excluding hydrogens is 331 g/mol. The van der Waals surface area contributed by atoms with E-state index in [1.54, 1.807) is 0 Å². The van der Waals surface area contributed by atoms with Crippen molar-refractivity contribution >= 4 is 5.97 Å². The monoisotopic (exact) mass is 356 g/mol. The normalized spacial score (nSPS) is 36.5. The van der Waals surface area contributed by atoms with Gasteiger partial charge in [-0.1, -0.05) is 30.4 Å². The molecule has 2 bridgehead atoms. The van der Waals surface area contributed by atoms with Crippen LogP contribution in [0.2, 0.25) is 0 Å². The molecule has 26 heavy (non-hydrogen) atoms. The lowest BCUT2D eigenvalue weighted by Gasteiger charge is -2.44. The maximum atomic E-state index is 13.2. The number of carbonyl (C=O) groups is 1. The first-order valence-electron chi connectivity index (χ1n) is 9.57. The van der Waals surface area contributed by atoms with Gasteiger partial charge in [0.25, 0.3) is 0 Å². The van der Waals surface area contributed by atoms with Crippen LogP contribution in [0.25, 0.3) is 0 Å². The van der Waals surface area contributed by atoms with Crippen LogP contribution in [0, 0.1) is 29.5 Å². The fraction of sp³-hybridized carbons (Fsp3) is 0.500. The van der Waals surface area contributed by atoms with Crippen molar-refractivity contribution in [3.8, 4) is 0 Å². The van der Waals surface area contributed by atoms with Crippen LogP contribution in [0.4, 0.5) is 4.39 Å². The van der Waals surface area contributed by atoms with Crippen LogP contribution in [0.15, 0.2) is 48.6 Å². The molecule has 1 aromatic carbocycles. The van der Waals surface area contributed by atoms with E-state index in [0.717, 1.165) is 12.0 Å². The van der Waals surface area contributed by atoms with E-state index in [9.17, 15) is 14.3 Å². The summed E-state index contributed by atoms with van der Waals surface area (Å²) in [7, 11) is 0. The molecule has 4 heteroatoms. The number of halogens is 1. The second-order valence-electron chi connectivity index (χ2n) is 7.87. The van der Waals surface area contributed by atoms with Crippen molar-refractivity contribution in [3.05, 3.63) is 60.0 Å². The summed E-state index contributed by atoms with van der Waals surface area (Å²) in [6, 6.07) is 6.81. The molecule has 1 saturated heterocycles. The number of allylic oxidation sites excluding steroid dienone is 3. The fourth-order valence-corrected chi connectivity index (χ4v) is 4.79. The van der Waals surface area contributed by atoms with E-state index in [1.165, 1.54) is 25.0 Å². The maximum Gasteiger partial charge on any atom is 0.309 e. The zero-order chi connectivity index (χ0) is 18.1. The van der Waals surface area contributed by atoms with Gasteiger partial charge in [0.15, 0.2) is 0 Å². The lowest BCUT2D eigenvalue weighted by molar-refractivity contribution is -0.156. The molecule has 4 aliphatic rings. The lowest BCUT2D eigenvalue weighted by atomic mass is 9.60. The van der Waals surface area contributed by atoms with Gasteiger partial charge in [0, 0.05) is 6.42 Å². The Morgan fingerprint density at radius 1 is 1.12 bits per heavy atom. The van der Waals surface area contributed by atoms with E-state index >= 15 is 0 Å². The summed E-state index contributed by atoms with van der Waals surface area (Å²) in [5.74, 6) is 1.38. The first kappa shape index (κ1) is 17.5. The van der Waals surface area contributed by atoms with Gasteiger partial charge in [0.2, 0.25) is 0 Å². The predicted octanol–water partition coefficient (Wildman–Crippen LogP) is 3.82. The summed E-state index contributed by atoms with van der Waals surface area (Å²) in [5.41, 5.74) is 1.16. The van der Waals surface area contributed by atoms with E-state index in [2.05, 4.69) is 18.2 Å². The van der Waals surface area contributed by atoms with Gasteiger partial charge in [-0.2, -0.15) is 0 Å². The molecule has 1 aliphatic heterocycles. The molecule has 1 N–H and O–H groups in total. The third-order valence-corrected chi connectivity index (χ3v) is 6.10. The number of ether oxygens (including phenoxy) is 1. The number of aliphatic hydroxyl groups is 1. The quantitative estimate of drug-likeness (QED) is 0.659. The Hall–Kier alpha value is -1.94. The minimum absolute atomic E-state index is 0.0917. The highest BCUT2D eigenvalue weighted by molar-refractivity contribution is 5.71. The number of hydrogen-bond acceptors (Lipinski definition) is 3. The Morgan fingerprint density at radius 2 is 1.85 bits per heavy atom. The van der Waals surface area contributed by atoms with E-state index in [-0.39, 0.29) is 24.3 Å². The zero-order valence-electron chi connectivity index (χ0n) is 14.8. The van der Waals surface area contributed by atoms with E-state index in [0.29, 0.717) is 30.1 Å². The highest BCUT2D eigenvalue weighted by Crippen LogP contribution is 2.47. The Labute approximate surface area is 153 Å². The molecule has 3 aliphatic carbocycles. The number of hydrogen-bond donors (Lipinski definition) is 1. The molecule has 0 amide bonds. The fourth-order valence-electron chi connectivity index (χ4n) is 4.79. The van der Waals surface area contributed by atoms with Gasteiger partial charge in [0.1, 0.15) is 11.9 Å². The van der Waals surface area contributed by atoms with Gasteiger partial charge < -0.3 is 9.84 Å².